The van der Waals surface area contributed by atoms with Crippen molar-refractivity contribution >= 4 is 11.9 Å². The molecule has 2 unspecified atom stereocenters. The standard InChI is InChI=1S/C26H30N2O4/c29-24(30)18-12-10-17(11-13-18)14-28-15-21-22(16-28)23(21)27-25(31)26(32,20-8-4-5-9-20)19-6-2-1-3-7-19/h1-3,6-7,10-13,20-23,32H,4-5,8-9,14-16H2,(H,27,31)(H,29,30)/t21-,22?,23+,26?/m0/s1. The number of carboxylic acids is 1. The molecule has 2 aromatic rings. The molecular formula is C26H30N2O4. The smallest absolute Gasteiger partial charge is 0.335 e. The minimum Gasteiger partial charge on any atom is -0.478 e. The van der Waals surface area contributed by atoms with Crippen LogP contribution in [0.5, 0.6) is 0 Å². The number of likely N-dealkylation sites (tertiary alicyclic amines) is 1. The van der Waals surface area contributed by atoms with E-state index in [-0.39, 0.29) is 17.9 Å². The Morgan fingerprint density at radius 3 is 2.19 bits per heavy atom. The fourth-order valence-corrected chi connectivity index (χ4v) is 5.82. The lowest BCUT2D eigenvalue weighted by atomic mass is 9.79. The highest BCUT2D eigenvalue weighted by Gasteiger charge is 2.58. The van der Waals surface area contributed by atoms with Crippen LogP contribution in [-0.4, -0.2) is 46.1 Å². The van der Waals surface area contributed by atoms with E-state index in [1.54, 1.807) is 12.1 Å². The fourth-order valence-electron chi connectivity index (χ4n) is 5.82. The number of carbonyl (C=O) groups is 2. The van der Waals surface area contributed by atoms with E-state index < -0.39 is 11.6 Å². The van der Waals surface area contributed by atoms with Crippen LogP contribution in [0.15, 0.2) is 54.6 Å². The Bertz CT molecular complexity index is 975. The van der Waals surface area contributed by atoms with Crippen LogP contribution in [0.2, 0.25) is 0 Å². The van der Waals surface area contributed by atoms with Crippen molar-refractivity contribution in [2.75, 3.05) is 13.1 Å². The molecule has 6 heteroatoms. The number of hydrogen-bond donors (Lipinski definition) is 3. The molecule has 3 aliphatic rings. The van der Waals surface area contributed by atoms with Gasteiger partial charge < -0.3 is 15.5 Å². The topological polar surface area (TPSA) is 89.9 Å². The minimum absolute atomic E-state index is 0.0336. The van der Waals surface area contributed by atoms with Gasteiger partial charge in [-0.2, -0.15) is 0 Å². The highest BCUT2D eigenvalue weighted by atomic mass is 16.4. The zero-order valence-corrected chi connectivity index (χ0v) is 18.1. The molecule has 3 N–H and O–H groups in total. The Labute approximate surface area is 188 Å². The lowest BCUT2D eigenvalue weighted by Crippen LogP contribution is -2.50. The van der Waals surface area contributed by atoms with Gasteiger partial charge in [-0.25, -0.2) is 4.79 Å². The Kier molecular flexibility index (Phi) is 5.51. The van der Waals surface area contributed by atoms with Crippen molar-refractivity contribution in [3.63, 3.8) is 0 Å². The summed E-state index contributed by atoms with van der Waals surface area (Å²) in [7, 11) is 0. The van der Waals surface area contributed by atoms with Gasteiger partial charge in [0.2, 0.25) is 0 Å². The van der Waals surface area contributed by atoms with Gasteiger partial charge in [-0.1, -0.05) is 55.3 Å². The number of hydrogen-bond acceptors (Lipinski definition) is 4. The maximum atomic E-state index is 13.4. The van der Waals surface area contributed by atoms with Crippen LogP contribution in [0.4, 0.5) is 0 Å². The van der Waals surface area contributed by atoms with Gasteiger partial charge in [-0.3, -0.25) is 9.69 Å². The molecule has 1 amide bonds. The number of rotatable bonds is 7. The fraction of sp³-hybridized carbons (Fsp3) is 0.462. The monoisotopic (exact) mass is 434 g/mol. The van der Waals surface area contributed by atoms with E-state index in [1.165, 1.54) is 0 Å². The van der Waals surface area contributed by atoms with Crippen LogP contribution in [0, 0.1) is 17.8 Å². The molecule has 0 bridgehead atoms. The molecule has 4 atom stereocenters. The summed E-state index contributed by atoms with van der Waals surface area (Å²) in [4.78, 5) is 26.7. The van der Waals surface area contributed by atoms with Crippen molar-refractivity contribution in [3.8, 4) is 0 Å². The molecule has 1 aliphatic heterocycles. The number of benzene rings is 2. The third-order valence-corrected chi connectivity index (χ3v) is 7.68. The number of aliphatic hydroxyl groups is 1. The number of fused-ring (bicyclic) bond motifs is 1. The minimum atomic E-state index is -1.46. The van der Waals surface area contributed by atoms with Gasteiger partial charge in [0.1, 0.15) is 0 Å². The summed E-state index contributed by atoms with van der Waals surface area (Å²) in [6, 6.07) is 16.6. The molecule has 1 heterocycles. The van der Waals surface area contributed by atoms with Gasteiger partial charge in [0.05, 0.1) is 5.56 Å². The lowest BCUT2D eigenvalue weighted by Gasteiger charge is -2.33. The first-order valence-corrected chi connectivity index (χ1v) is 11.6. The molecule has 32 heavy (non-hydrogen) atoms. The number of piperidine rings is 1. The number of nitrogens with one attached hydrogen (secondary N) is 1. The SMILES string of the molecule is O=C(O)c1ccc(CN2CC3[C@H](C2)[C@H]3NC(=O)C(O)(c2ccccc2)C2CCCC2)cc1. The van der Waals surface area contributed by atoms with E-state index in [2.05, 4.69) is 10.2 Å². The predicted octanol–water partition coefficient (Wildman–Crippen LogP) is 3.01. The van der Waals surface area contributed by atoms with E-state index in [0.717, 1.165) is 50.9 Å². The highest BCUT2D eigenvalue weighted by molar-refractivity contribution is 5.88. The van der Waals surface area contributed by atoms with Crippen molar-refractivity contribution in [1.82, 2.24) is 10.2 Å². The van der Waals surface area contributed by atoms with Crippen molar-refractivity contribution in [2.24, 2.45) is 17.8 Å². The quantitative estimate of drug-likeness (QED) is 0.623. The Hall–Kier alpha value is -2.70. The van der Waals surface area contributed by atoms with E-state index in [4.69, 9.17) is 5.11 Å². The molecule has 3 fully saturated rings. The Balaban J connectivity index is 1.20. The maximum Gasteiger partial charge on any atom is 0.335 e. The zero-order valence-electron chi connectivity index (χ0n) is 18.1. The second-order valence-electron chi connectivity index (χ2n) is 9.64. The van der Waals surface area contributed by atoms with Gasteiger partial charge in [0.25, 0.3) is 5.91 Å². The van der Waals surface area contributed by atoms with Gasteiger partial charge in [0.15, 0.2) is 5.60 Å². The summed E-state index contributed by atoms with van der Waals surface area (Å²) in [6.07, 6.45) is 3.88. The molecule has 6 nitrogen and oxygen atoms in total. The second-order valence-corrected chi connectivity index (χ2v) is 9.64. The average Bonchev–Trinajstić information content (AvgIpc) is 3.22. The largest absolute Gasteiger partial charge is 0.478 e. The number of carbonyl (C=O) groups excluding carboxylic acids is 1. The zero-order chi connectivity index (χ0) is 22.3. The Morgan fingerprint density at radius 2 is 1.59 bits per heavy atom. The molecular weight excluding hydrogens is 404 g/mol. The number of nitrogens with zero attached hydrogens (tertiary/aromatic N) is 1. The molecule has 0 radical (unpaired) electrons. The van der Waals surface area contributed by atoms with Gasteiger partial charge in [-0.05, 0) is 47.9 Å². The van der Waals surface area contributed by atoms with Gasteiger partial charge in [0, 0.05) is 31.6 Å². The molecule has 1 saturated heterocycles. The molecule has 0 spiro atoms. The first kappa shape index (κ1) is 21.2. The van der Waals surface area contributed by atoms with E-state index in [9.17, 15) is 14.7 Å². The normalized spacial score (nSPS) is 27.0. The van der Waals surface area contributed by atoms with E-state index in [1.807, 2.05) is 42.5 Å². The van der Waals surface area contributed by atoms with Crippen LogP contribution in [0.1, 0.15) is 47.2 Å². The summed E-state index contributed by atoms with van der Waals surface area (Å²) in [5, 5.41) is 23.9. The first-order valence-electron chi connectivity index (χ1n) is 11.6. The van der Waals surface area contributed by atoms with Crippen LogP contribution in [0.25, 0.3) is 0 Å². The third-order valence-electron chi connectivity index (χ3n) is 7.68. The molecule has 2 aromatic carbocycles. The van der Waals surface area contributed by atoms with Crippen LogP contribution >= 0.6 is 0 Å². The Morgan fingerprint density at radius 1 is 0.969 bits per heavy atom. The maximum absolute atomic E-state index is 13.4. The van der Waals surface area contributed by atoms with Gasteiger partial charge in [-0.15, -0.1) is 0 Å². The van der Waals surface area contributed by atoms with Crippen LogP contribution in [0.3, 0.4) is 0 Å². The molecule has 2 saturated carbocycles. The number of carboxylic acid groups (broad SMARTS) is 1. The molecule has 5 rings (SSSR count). The summed E-state index contributed by atoms with van der Waals surface area (Å²) < 4.78 is 0. The molecule has 0 aromatic heterocycles. The van der Waals surface area contributed by atoms with Crippen molar-refractivity contribution in [1.29, 1.82) is 0 Å². The summed E-state index contributed by atoms with van der Waals surface area (Å²) in [5.74, 6) is -0.355. The average molecular weight is 435 g/mol. The number of aromatic carboxylic acids is 1. The number of amides is 1. The van der Waals surface area contributed by atoms with E-state index >= 15 is 0 Å². The van der Waals surface area contributed by atoms with Crippen molar-refractivity contribution in [3.05, 3.63) is 71.3 Å². The van der Waals surface area contributed by atoms with Gasteiger partial charge >= 0.3 is 5.97 Å². The van der Waals surface area contributed by atoms with Crippen molar-refractivity contribution in [2.45, 2.75) is 43.9 Å². The molecule has 2 aliphatic carbocycles. The second kappa shape index (κ2) is 8.34. The van der Waals surface area contributed by atoms with Crippen LogP contribution < -0.4 is 5.32 Å². The highest BCUT2D eigenvalue weighted by Crippen LogP contribution is 2.47. The summed E-state index contributed by atoms with van der Waals surface area (Å²) in [5.41, 5.74) is 0.632. The first-order chi connectivity index (χ1) is 15.5. The van der Waals surface area contributed by atoms with Crippen molar-refractivity contribution < 1.29 is 19.8 Å². The summed E-state index contributed by atoms with van der Waals surface area (Å²) in [6.45, 7) is 2.59. The summed E-state index contributed by atoms with van der Waals surface area (Å²) >= 11 is 0. The van der Waals surface area contributed by atoms with E-state index in [0.29, 0.717) is 23.0 Å². The lowest BCUT2D eigenvalue weighted by molar-refractivity contribution is -0.147. The third kappa shape index (κ3) is 3.82. The van der Waals surface area contributed by atoms with Crippen LogP contribution in [-0.2, 0) is 16.9 Å². The molecule has 168 valence electrons. The predicted molar refractivity (Wildman–Crippen MR) is 120 cm³/mol.